The van der Waals surface area contributed by atoms with Crippen molar-refractivity contribution in [2.24, 2.45) is 0 Å². The first-order valence-electron chi connectivity index (χ1n) is 8.85. The van der Waals surface area contributed by atoms with Crippen LogP contribution in [0.15, 0.2) is 48.5 Å². The summed E-state index contributed by atoms with van der Waals surface area (Å²) in [6.45, 7) is 2.23. The predicted octanol–water partition coefficient (Wildman–Crippen LogP) is 4.03. The van der Waals surface area contributed by atoms with E-state index in [1.807, 2.05) is 48.2 Å². The van der Waals surface area contributed by atoms with Crippen molar-refractivity contribution in [3.8, 4) is 5.75 Å². The van der Waals surface area contributed by atoms with Gasteiger partial charge in [-0.3, -0.25) is 0 Å². The standard InChI is InChI=1S/C21H25NO2SSe/c1-15(25-3)18-10-7-11-20(24-2)21(18)26-14-17-12-13-19(22(17)23)16-8-5-4-6-9-16/h4-11,15,17H,12-14H2,1-3H3/t15-,17?/m0/s1. The zero-order chi connectivity index (χ0) is 18.5. The first kappa shape index (κ1) is 19.3. The normalized spacial score (nSPS) is 18.2. The molecule has 26 heavy (non-hydrogen) atoms. The van der Waals surface area contributed by atoms with E-state index in [1.54, 1.807) is 7.11 Å². The summed E-state index contributed by atoms with van der Waals surface area (Å²) in [5.74, 6) is 0.964. The minimum atomic E-state index is 0.0764. The van der Waals surface area contributed by atoms with Crippen molar-refractivity contribution in [3.63, 3.8) is 0 Å². The Bertz CT molecular complexity index is 779. The molecule has 3 nitrogen and oxygen atoms in total. The van der Waals surface area contributed by atoms with E-state index in [4.69, 9.17) is 4.74 Å². The predicted molar refractivity (Wildman–Crippen MR) is 112 cm³/mol. The van der Waals surface area contributed by atoms with Gasteiger partial charge >= 0.3 is 167 Å². The molecule has 1 unspecified atom stereocenters. The van der Waals surface area contributed by atoms with Crippen LogP contribution < -0.4 is 9.20 Å². The Kier molecular flexibility index (Phi) is 6.68. The number of ether oxygens (including phenoxy) is 1. The fraction of sp³-hybridized carbons (Fsp3) is 0.381. The number of rotatable bonds is 7. The van der Waals surface area contributed by atoms with E-state index in [1.165, 1.54) is 14.8 Å². The molecular formula is C21H25NO2SSe. The molecular weight excluding hydrogens is 409 g/mol. The fourth-order valence-corrected chi connectivity index (χ4v) is 6.76. The van der Waals surface area contributed by atoms with Gasteiger partial charge in [-0.2, -0.15) is 0 Å². The van der Waals surface area contributed by atoms with E-state index >= 15 is 0 Å². The van der Waals surface area contributed by atoms with E-state index in [0.29, 0.717) is 5.25 Å². The average molecular weight is 434 g/mol. The third-order valence-electron chi connectivity index (χ3n) is 4.86. The molecule has 0 aliphatic carbocycles. The molecule has 0 N–H and O–H groups in total. The molecule has 0 amide bonds. The van der Waals surface area contributed by atoms with Crippen molar-refractivity contribution in [1.82, 2.24) is 0 Å². The monoisotopic (exact) mass is 435 g/mol. The molecule has 3 rings (SSSR count). The van der Waals surface area contributed by atoms with Gasteiger partial charge in [0.1, 0.15) is 0 Å². The molecule has 0 fully saturated rings. The van der Waals surface area contributed by atoms with Crippen LogP contribution in [0.3, 0.4) is 0 Å². The van der Waals surface area contributed by atoms with Crippen LogP contribution in [-0.4, -0.2) is 44.8 Å². The molecule has 5 heteroatoms. The maximum absolute atomic E-state index is 12.8. The van der Waals surface area contributed by atoms with Gasteiger partial charge in [0.2, 0.25) is 0 Å². The summed E-state index contributed by atoms with van der Waals surface area (Å²) in [7, 11) is 1.74. The Balaban J connectivity index is 1.79. The second-order valence-corrected chi connectivity index (χ2v) is 9.74. The first-order chi connectivity index (χ1) is 12.7. The number of nitrogens with zero attached hydrogens (tertiary/aromatic N) is 1. The average Bonchev–Trinajstić information content (AvgIpc) is 3.06. The van der Waals surface area contributed by atoms with Crippen molar-refractivity contribution in [3.05, 3.63) is 64.9 Å². The summed E-state index contributed by atoms with van der Waals surface area (Å²) in [6, 6.07) is 16.4. The molecule has 0 saturated carbocycles. The number of methoxy groups -OCH3 is 1. The van der Waals surface area contributed by atoms with Gasteiger partial charge in [0.25, 0.3) is 0 Å². The molecule has 1 aliphatic rings. The number of thioether (sulfide) groups is 1. The van der Waals surface area contributed by atoms with Crippen LogP contribution in [0.5, 0.6) is 5.75 Å². The van der Waals surface area contributed by atoms with Crippen molar-refractivity contribution in [2.45, 2.75) is 36.4 Å². The maximum atomic E-state index is 12.8. The summed E-state index contributed by atoms with van der Waals surface area (Å²) >= 11 is 2.06. The number of hydrogen-bond donors (Lipinski definition) is 0. The molecule has 2 aromatic carbocycles. The van der Waals surface area contributed by atoms with E-state index in [9.17, 15) is 5.21 Å². The zero-order valence-electron chi connectivity index (χ0n) is 15.5. The second-order valence-electron chi connectivity index (χ2n) is 6.40. The molecule has 1 aliphatic heterocycles. The van der Waals surface area contributed by atoms with Gasteiger partial charge in [-0.05, 0) is 0 Å². The Morgan fingerprint density at radius 2 is 2.00 bits per heavy atom. The Morgan fingerprint density at radius 1 is 1.23 bits per heavy atom. The van der Waals surface area contributed by atoms with Crippen LogP contribution in [-0.2, 0) is 0 Å². The Labute approximate surface area is 166 Å². The Morgan fingerprint density at radius 3 is 2.69 bits per heavy atom. The van der Waals surface area contributed by atoms with Crippen LogP contribution in [0.25, 0.3) is 0 Å². The summed E-state index contributed by atoms with van der Waals surface area (Å²) in [5, 5.41) is 14.2. The van der Waals surface area contributed by atoms with Crippen LogP contribution in [0, 0.1) is 5.21 Å². The van der Waals surface area contributed by atoms with Gasteiger partial charge in [0, 0.05) is 0 Å². The van der Waals surface area contributed by atoms with Crippen molar-refractivity contribution >= 4 is 36.9 Å². The molecule has 1 heterocycles. The van der Waals surface area contributed by atoms with Crippen LogP contribution in [0.4, 0.5) is 0 Å². The Hall–Kier alpha value is -1.42. The van der Waals surface area contributed by atoms with Gasteiger partial charge in [-0.25, -0.2) is 0 Å². The number of hydrogen-bond acceptors (Lipinski definition) is 3. The van der Waals surface area contributed by atoms with Gasteiger partial charge in [0.05, 0.1) is 0 Å². The van der Waals surface area contributed by atoms with Crippen molar-refractivity contribution in [2.75, 3.05) is 13.4 Å². The molecule has 0 radical (unpaired) electrons. The van der Waals surface area contributed by atoms with E-state index in [-0.39, 0.29) is 21.0 Å². The van der Waals surface area contributed by atoms with Gasteiger partial charge in [0.15, 0.2) is 0 Å². The zero-order valence-corrected chi connectivity index (χ0v) is 18.0. The summed E-state index contributed by atoms with van der Waals surface area (Å²) < 4.78 is 8.20. The van der Waals surface area contributed by atoms with E-state index in [0.717, 1.165) is 35.2 Å². The summed E-state index contributed by atoms with van der Waals surface area (Å²) in [6.07, 6.45) is 3.95. The van der Waals surface area contributed by atoms with Crippen molar-refractivity contribution < 1.29 is 9.48 Å². The summed E-state index contributed by atoms with van der Waals surface area (Å²) in [5.41, 5.74) is 3.34. The topological polar surface area (TPSA) is 35.3 Å². The van der Waals surface area contributed by atoms with Gasteiger partial charge in [-0.1, -0.05) is 0 Å². The quantitative estimate of drug-likeness (QED) is 0.375. The number of hydroxylamine groups is 1. The minimum absolute atomic E-state index is 0.0764. The molecule has 0 saturated heterocycles. The van der Waals surface area contributed by atoms with Crippen molar-refractivity contribution in [1.29, 1.82) is 0 Å². The molecule has 2 atom stereocenters. The molecule has 138 valence electrons. The molecule has 0 bridgehead atoms. The van der Waals surface area contributed by atoms with E-state index in [2.05, 4.69) is 25.3 Å². The third-order valence-corrected chi connectivity index (χ3v) is 8.50. The molecule has 0 aromatic heterocycles. The van der Waals surface area contributed by atoms with Gasteiger partial charge < -0.3 is 0 Å². The van der Waals surface area contributed by atoms with Crippen LogP contribution >= 0.6 is 11.8 Å². The van der Waals surface area contributed by atoms with Gasteiger partial charge in [-0.15, -0.1) is 0 Å². The van der Waals surface area contributed by atoms with Crippen LogP contribution in [0.1, 0.15) is 36.1 Å². The molecule has 0 spiro atoms. The summed E-state index contributed by atoms with van der Waals surface area (Å²) in [4.78, 5) is 0. The SMILES string of the molecule is COc1cccc([C@H](C)SC)c1[Se]CC1CCC(c2ccccc2)=[N+]1[O-]. The first-order valence-corrected chi connectivity index (χ1v) is 12.2. The fourth-order valence-electron chi connectivity index (χ4n) is 3.28. The molecule has 2 aromatic rings. The number of benzene rings is 2. The second kappa shape index (κ2) is 8.98. The van der Waals surface area contributed by atoms with E-state index < -0.39 is 0 Å². The van der Waals surface area contributed by atoms with Crippen LogP contribution in [0.2, 0.25) is 5.32 Å². The third kappa shape index (κ3) is 4.11.